The molecule has 0 unspecified atom stereocenters. The highest BCUT2D eigenvalue weighted by molar-refractivity contribution is 7.80. The number of nitrogens with one attached hydrogen (secondary N) is 1. The molecule has 114 valence electrons. The van der Waals surface area contributed by atoms with E-state index >= 15 is 0 Å². The number of nitrogens with zero attached hydrogens (tertiary/aromatic N) is 1. The maximum absolute atomic E-state index is 12.1. The first kappa shape index (κ1) is 17.1. The zero-order chi connectivity index (χ0) is 15.7. The van der Waals surface area contributed by atoms with E-state index in [2.05, 4.69) is 24.6 Å². The van der Waals surface area contributed by atoms with Crippen molar-refractivity contribution in [2.45, 2.75) is 26.2 Å². The number of hydroxylamine groups is 1. The Balaban J connectivity index is 2.70. The van der Waals surface area contributed by atoms with E-state index < -0.39 is 11.7 Å². The maximum Gasteiger partial charge on any atom is 0.338 e. The third-order valence-corrected chi connectivity index (χ3v) is 2.69. The highest BCUT2D eigenvalue weighted by Crippen LogP contribution is 2.04. The van der Waals surface area contributed by atoms with E-state index in [4.69, 9.17) is 10.6 Å². The van der Waals surface area contributed by atoms with Crippen molar-refractivity contribution in [3.63, 3.8) is 0 Å². The number of carbonyl (C=O) groups is 2. The maximum atomic E-state index is 12.1. The van der Waals surface area contributed by atoms with Gasteiger partial charge in [0.1, 0.15) is 0 Å². The van der Waals surface area contributed by atoms with E-state index in [1.54, 1.807) is 30.3 Å². The smallest absolute Gasteiger partial charge is 0.338 e. The van der Waals surface area contributed by atoms with Crippen LogP contribution in [0, 0.1) is 0 Å². The number of hydrogen-bond acceptors (Lipinski definition) is 4. The molecule has 6 nitrogen and oxygen atoms in total. The van der Waals surface area contributed by atoms with Gasteiger partial charge in [-0.25, -0.2) is 5.43 Å². The Morgan fingerprint density at radius 1 is 1.29 bits per heavy atom. The Bertz CT molecular complexity index is 493. The van der Waals surface area contributed by atoms with Gasteiger partial charge in [0.25, 0.3) is 5.78 Å². The third kappa shape index (κ3) is 5.88. The van der Waals surface area contributed by atoms with Gasteiger partial charge in [0.05, 0.1) is 6.61 Å². The molecule has 1 aromatic carbocycles. The highest BCUT2D eigenvalue weighted by atomic mass is 32.1. The number of hydrogen-bond donors (Lipinski definition) is 2. The number of benzene rings is 1. The fraction of sp³-hybridized carbons (Fsp3) is 0.357. The molecule has 1 rings (SSSR count). The molecule has 0 bridgehead atoms. The Labute approximate surface area is 129 Å². The molecule has 7 heteroatoms. The standard InChI is InChI=1S/C14H19N3O3S/c1-2-3-7-10-20-17(16-14(15)21)13(19)12(18)11-8-5-4-6-9-11/h4-6,8-9H,2-3,7,10H2,1H3,(H3,15,16,21). The summed E-state index contributed by atoms with van der Waals surface area (Å²) in [5.41, 5.74) is 7.97. The summed E-state index contributed by atoms with van der Waals surface area (Å²) < 4.78 is 0. The van der Waals surface area contributed by atoms with Gasteiger partial charge in [-0.05, 0) is 18.6 Å². The normalized spacial score (nSPS) is 9.95. The van der Waals surface area contributed by atoms with Crippen molar-refractivity contribution in [2.75, 3.05) is 6.61 Å². The van der Waals surface area contributed by atoms with Gasteiger partial charge in [-0.3, -0.25) is 14.4 Å². The molecule has 0 radical (unpaired) electrons. The van der Waals surface area contributed by atoms with E-state index in [0.29, 0.717) is 5.17 Å². The number of unbranched alkanes of at least 4 members (excludes halogenated alkanes) is 2. The van der Waals surface area contributed by atoms with Gasteiger partial charge in [-0.2, -0.15) is 0 Å². The molecule has 0 saturated carbocycles. The molecular formula is C14H19N3O3S. The summed E-state index contributed by atoms with van der Waals surface area (Å²) >= 11 is 4.68. The van der Waals surface area contributed by atoms with E-state index in [-0.39, 0.29) is 17.3 Å². The largest absolute Gasteiger partial charge is 0.375 e. The minimum Gasteiger partial charge on any atom is -0.375 e. The van der Waals surface area contributed by atoms with Crippen molar-refractivity contribution in [1.29, 1.82) is 0 Å². The van der Waals surface area contributed by atoms with Gasteiger partial charge in [0.2, 0.25) is 0 Å². The molecule has 0 saturated heterocycles. The molecule has 3 N–H and O–H groups in total. The Morgan fingerprint density at radius 2 is 1.95 bits per heavy atom. The van der Waals surface area contributed by atoms with E-state index in [1.807, 2.05) is 0 Å². The van der Waals surface area contributed by atoms with Crippen LogP contribution in [0.5, 0.6) is 0 Å². The first-order chi connectivity index (χ1) is 10.1. The van der Waals surface area contributed by atoms with E-state index in [1.165, 1.54) is 0 Å². The number of rotatable bonds is 7. The molecule has 0 atom stereocenters. The topological polar surface area (TPSA) is 84.7 Å². The van der Waals surface area contributed by atoms with Gasteiger partial charge < -0.3 is 5.73 Å². The minimum atomic E-state index is -0.870. The Hall–Kier alpha value is -1.99. The molecule has 1 aromatic rings. The second-order valence-electron chi connectivity index (χ2n) is 4.31. The van der Waals surface area contributed by atoms with Crippen LogP contribution in [0.3, 0.4) is 0 Å². The number of amides is 1. The number of ketones is 1. The van der Waals surface area contributed by atoms with Crippen molar-refractivity contribution in [1.82, 2.24) is 10.6 Å². The van der Waals surface area contributed by atoms with Gasteiger partial charge in [0.15, 0.2) is 5.11 Å². The summed E-state index contributed by atoms with van der Waals surface area (Å²) in [5, 5.41) is 0.549. The van der Waals surface area contributed by atoms with Gasteiger partial charge in [-0.15, -0.1) is 5.17 Å². The first-order valence-corrected chi connectivity index (χ1v) is 7.10. The van der Waals surface area contributed by atoms with Crippen molar-refractivity contribution < 1.29 is 14.4 Å². The summed E-state index contributed by atoms with van der Waals surface area (Å²) in [6, 6.07) is 8.21. The van der Waals surface area contributed by atoms with Crippen LogP contribution in [0.4, 0.5) is 0 Å². The van der Waals surface area contributed by atoms with Crippen LogP contribution < -0.4 is 11.2 Å². The number of thiocarbonyl (C=S) groups is 1. The fourth-order valence-corrected chi connectivity index (χ4v) is 1.64. The number of nitrogens with two attached hydrogens (primary N) is 1. The molecule has 0 heterocycles. The fourth-order valence-electron chi connectivity index (χ4n) is 1.55. The lowest BCUT2D eigenvalue weighted by Crippen LogP contribution is -2.50. The SMILES string of the molecule is CCCCCON(NC(N)=S)C(=O)C(=O)c1ccccc1. The molecule has 0 spiro atoms. The number of hydrazine groups is 1. The van der Waals surface area contributed by atoms with E-state index in [0.717, 1.165) is 19.3 Å². The molecular weight excluding hydrogens is 290 g/mol. The lowest BCUT2D eigenvalue weighted by Gasteiger charge is -2.21. The van der Waals surface area contributed by atoms with Crippen LogP contribution in [0.15, 0.2) is 30.3 Å². The highest BCUT2D eigenvalue weighted by Gasteiger charge is 2.24. The summed E-state index contributed by atoms with van der Waals surface area (Å²) in [6.07, 6.45) is 2.74. The summed E-state index contributed by atoms with van der Waals surface area (Å²) in [7, 11) is 0. The lowest BCUT2D eigenvalue weighted by atomic mass is 10.1. The second kappa shape index (κ2) is 9.04. The minimum absolute atomic E-state index is 0.153. The van der Waals surface area contributed by atoms with Gasteiger partial charge in [-0.1, -0.05) is 50.1 Å². The molecule has 1 amide bonds. The van der Waals surface area contributed by atoms with E-state index in [9.17, 15) is 9.59 Å². The average molecular weight is 309 g/mol. The summed E-state index contributed by atoms with van der Waals surface area (Å²) in [5.74, 6) is -1.57. The quantitative estimate of drug-likeness (QED) is 0.261. The zero-order valence-electron chi connectivity index (χ0n) is 11.9. The Kier molecular flexibility index (Phi) is 7.34. The molecule has 0 aromatic heterocycles. The van der Waals surface area contributed by atoms with Crippen molar-refractivity contribution in [3.05, 3.63) is 35.9 Å². The average Bonchev–Trinajstić information content (AvgIpc) is 2.49. The molecule has 0 aliphatic rings. The number of Topliss-reactive ketones (excluding diaryl/α,β-unsaturated/α-hetero) is 1. The third-order valence-electron chi connectivity index (χ3n) is 2.59. The van der Waals surface area contributed by atoms with Crippen LogP contribution in [0.25, 0.3) is 0 Å². The summed E-state index contributed by atoms with van der Waals surface area (Å²) in [6.45, 7) is 2.34. The van der Waals surface area contributed by atoms with Crippen molar-refractivity contribution >= 4 is 29.0 Å². The molecule has 0 aliphatic heterocycles. The van der Waals surface area contributed by atoms with Gasteiger partial charge >= 0.3 is 5.91 Å². The van der Waals surface area contributed by atoms with Crippen LogP contribution in [0.2, 0.25) is 0 Å². The molecule has 0 fully saturated rings. The molecule has 21 heavy (non-hydrogen) atoms. The van der Waals surface area contributed by atoms with Gasteiger partial charge in [0, 0.05) is 5.56 Å². The summed E-state index contributed by atoms with van der Waals surface area (Å²) in [4.78, 5) is 29.4. The van der Waals surface area contributed by atoms with Crippen LogP contribution in [-0.2, 0) is 9.63 Å². The second-order valence-corrected chi connectivity index (χ2v) is 4.75. The van der Waals surface area contributed by atoms with Crippen molar-refractivity contribution in [2.24, 2.45) is 5.73 Å². The first-order valence-electron chi connectivity index (χ1n) is 6.69. The monoisotopic (exact) mass is 309 g/mol. The van der Waals surface area contributed by atoms with Crippen LogP contribution in [0.1, 0.15) is 36.5 Å². The Morgan fingerprint density at radius 3 is 2.52 bits per heavy atom. The predicted molar refractivity (Wildman–Crippen MR) is 83.0 cm³/mol. The lowest BCUT2D eigenvalue weighted by molar-refractivity contribution is -0.192. The predicted octanol–water partition coefficient (Wildman–Crippen LogP) is 1.57. The van der Waals surface area contributed by atoms with Crippen LogP contribution in [-0.4, -0.2) is 28.6 Å². The molecule has 0 aliphatic carbocycles. The van der Waals surface area contributed by atoms with Crippen molar-refractivity contribution in [3.8, 4) is 0 Å². The number of carbonyl (C=O) groups excluding carboxylic acids is 2. The zero-order valence-corrected chi connectivity index (χ0v) is 12.7. The van der Waals surface area contributed by atoms with Crippen LogP contribution >= 0.6 is 12.2 Å².